The Labute approximate surface area is 141 Å². The highest BCUT2D eigenvalue weighted by Gasteiger charge is 2.27. The van der Waals surface area contributed by atoms with Crippen LogP contribution in [0.5, 0.6) is 0 Å². The number of anilines is 1. The minimum atomic E-state index is -0.0273. The van der Waals surface area contributed by atoms with Gasteiger partial charge in [-0.05, 0) is 44.7 Å². The highest BCUT2D eigenvalue weighted by atomic mass is 16.3. The average molecular weight is 326 g/mol. The van der Waals surface area contributed by atoms with Crippen molar-refractivity contribution >= 4 is 11.7 Å². The van der Waals surface area contributed by atoms with Crippen molar-refractivity contribution in [3.05, 3.63) is 41.2 Å². The normalized spacial score (nSPS) is 17.7. The summed E-state index contributed by atoms with van der Waals surface area (Å²) in [5.74, 6) is 2.32. The van der Waals surface area contributed by atoms with Crippen molar-refractivity contribution in [1.82, 2.24) is 14.9 Å². The Morgan fingerprint density at radius 2 is 1.92 bits per heavy atom. The van der Waals surface area contributed by atoms with Gasteiger partial charge in [-0.15, -0.1) is 0 Å². The van der Waals surface area contributed by atoms with E-state index in [9.17, 15) is 4.79 Å². The van der Waals surface area contributed by atoms with Crippen molar-refractivity contribution in [2.45, 2.75) is 32.6 Å². The molecule has 0 atom stereocenters. The van der Waals surface area contributed by atoms with Crippen molar-refractivity contribution < 1.29 is 9.21 Å². The maximum Gasteiger partial charge on any atom is 0.289 e. The van der Waals surface area contributed by atoms with Gasteiger partial charge in [0.1, 0.15) is 11.6 Å². The summed E-state index contributed by atoms with van der Waals surface area (Å²) < 4.78 is 5.22. The van der Waals surface area contributed by atoms with Gasteiger partial charge in [-0.3, -0.25) is 4.79 Å². The second-order valence-corrected chi connectivity index (χ2v) is 6.48. The van der Waals surface area contributed by atoms with E-state index in [0.717, 1.165) is 37.6 Å². The Morgan fingerprint density at radius 3 is 2.67 bits per heavy atom. The number of hydrogen-bond acceptors (Lipinski definition) is 5. The average Bonchev–Trinajstić information content (AvgIpc) is 3.15. The summed E-state index contributed by atoms with van der Waals surface area (Å²) in [6.45, 7) is 4.95. The maximum absolute atomic E-state index is 12.4. The lowest BCUT2D eigenvalue weighted by Crippen LogP contribution is -2.49. The lowest BCUT2D eigenvalue weighted by Gasteiger charge is -2.36. The molecule has 2 aromatic rings. The molecular weight excluding hydrogens is 304 g/mol. The molecule has 6 nitrogen and oxygen atoms in total. The van der Waals surface area contributed by atoms with Crippen LogP contribution in [0.3, 0.4) is 0 Å². The molecular formula is C18H22N4O2. The number of rotatable bonds is 2. The van der Waals surface area contributed by atoms with Gasteiger partial charge in [-0.1, -0.05) is 0 Å². The maximum atomic E-state index is 12.4. The minimum absolute atomic E-state index is 0.0273. The first kappa shape index (κ1) is 15.2. The molecule has 6 heteroatoms. The zero-order valence-corrected chi connectivity index (χ0v) is 14.0. The van der Waals surface area contributed by atoms with Gasteiger partial charge in [-0.2, -0.15) is 0 Å². The van der Waals surface area contributed by atoms with E-state index in [1.54, 1.807) is 18.4 Å². The molecule has 0 N–H and O–H groups in total. The predicted molar refractivity (Wildman–Crippen MR) is 90.2 cm³/mol. The van der Waals surface area contributed by atoms with Gasteiger partial charge < -0.3 is 14.2 Å². The van der Waals surface area contributed by atoms with E-state index in [4.69, 9.17) is 9.40 Å². The van der Waals surface area contributed by atoms with Gasteiger partial charge in [0.15, 0.2) is 5.76 Å². The molecule has 24 heavy (non-hydrogen) atoms. The van der Waals surface area contributed by atoms with Crippen LogP contribution in [0.1, 0.15) is 40.5 Å². The number of nitrogens with zero attached hydrogens (tertiary/aromatic N) is 4. The molecule has 0 unspecified atom stereocenters. The number of carbonyl (C=O) groups excluding carboxylic acids is 1. The molecule has 0 bridgehead atoms. The van der Waals surface area contributed by atoms with E-state index in [0.29, 0.717) is 18.8 Å². The summed E-state index contributed by atoms with van der Waals surface area (Å²) in [4.78, 5) is 25.9. The quantitative estimate of drug-likeness (QED) is 0.847. The Morgan fingerprint density at radius 1 is 1.12 bits per heavy atom. The standard InChI is InChI=1S/C18H22N4O2/c1-13-19-15-6-3-2-5-14(15)17(20-13)21-8-10-22(11-9-21)18(23)16-7-4-12-24-16/h4,7,12H,2-3,5-6,8-11H2,1H3. The lowest BCUT2D eigenvalue weighted by atomic mass is 9.96. The number of piperazine rings is 1. The van der Waals surface area contributed by atoms with Crippen LogP contribution in [-0.2, 0) is 12.8 Å². The Kier molecular flexibility index (Phi) is 3.96. The smallest absolute Gasteiger partial charge is 0.289 e. The molecule has 0 radical (unpaired) electrons. The van der Waals surface area contributed by atoms with Gasteiger partial charge in [-0.25, -0.2) is 9.97 Å². The lowest BCUT2D eigenvalue weighted by molar-refractivity contribution is 0.0714. The molecule has 3 heterocycles. The van der Waals surface area contributed by atoms with Crippen molar-refractivity contribution in [1.29, 1.82) is 0 Å². The van der Waals surface area contributed by atoms with Crippen LogP contribution in [0, 0.1) is 6.92 Å². The van der Waals surface area contributed by atoms with Crippen LogP contribution in [0.15, 0.2) is 22.8 Å². The largest absolute Gasteiger partial charge is 0.459 e. The molecule has 0 aromatic carbocycles. The van der Waals surface area contributed by atoms with Crippen molar-refractivity contribution in [3.63, 3.8) is 0 Å². The van der Waals surface area contributed by atoms with Crippen LogP contribution in [-0.4, -0.2) is 47.0 Å². The summed E-state index contributed by atoms with van der Waals surface area (Å²) in [5, 5.41) is 0. The molecule has 4 rings (SSSR count). The summed E-state index contributed by atoms with van der Waals surface area (Å²) in [7, 11) is 0. The van der Waals surface area contributed by atoms with Crippen molar-refractivity contribution in [2.75, 3.05) is 31.1 Å². The second-order valence-electron chi connectivity index (χ2n) is 6.48. The molecule has 0 spiro atoms. The SMILES string of the molecule is Cc1nc2c(c(N3CCN(C(=O)c4ccco4)CC3)n1)CCCC2. The molecule has 1 saturated heterocycles. The number of carbonyl (C=O) groups is 1. The zero-order valence-electron chi connectivity index (χ0n) is 14.0. The first-order chi connectivity index (χ1) is 11.7. The monoisotopic (exact) mass is 326 g/mol. The summed E-state index contributed by atoms with van der Waals surface area (Å²) in [5.41, 5.74) is 2.54. The third-order valence-electron chi connectivity index (χ3n) is 4.87. The Balaban J connectivity index is 1.50. The van der Waals surface area contributed by atoms with E-state index < -0.39 is 0 Å². The number of aromatic nitrogens is 2. The Hall–Kier alpha value is -2.37. The van der Waals surface area contributed by atoms with Crippen LogP contribution < -0.4 is 4.90 Å². The fourth-order valence-corrected chi connectivity index (χ4v) is 3.63. The number of furan rings is 1. The topological polar surface area (TPSA) is 62.5 Å². The molecule has 126 valence electrons. The van der Waals surface area contributed by atoms with Crippen molar-refractivity contribution in [2.24, 2.45) is 0 Å². The van der Waals surface area contributed by atoms with Crippen LogP contribution in [0.25, 0.3) is 0 Å². The highest BCUT2D eigenvalue weighted by molar-refractivity contribution is 5.91. The number of hydrogen-bond donors (Lipinski definition) is 0. The minimum Gasteiger partial charge on any atom is -0.459 e. The number of fused-ring (bicyclic) bond motifs is 1. The zero-order chi connectivity index (χ0) is 16.5. The summed E-state index contributed by atoms with van der Waals surface area (Å²) >= 11 is 0. The first-order valence-corrected chi connectivity index (χ1v) is 8.66. The predicted octanol–water partition coefficient (Wildman–Crippen LogP) is 2.22. The third-order valence-corrected chi connectivity index (χ3v) is 4.87. The third kappa shape index (κ3) is 2.77. The van der Waals surface area contributed by atoms with E-state index >= 15 is 0 Å². The molecule has 1 aliphatic heterocycles. The van der Waals surface area contributed by atoms with Crippen LogP contribution in [0.4, 0.5) is 5.82 Å². The first-order valence-electron chi connectivity index (χ1n) is 8.66. The van der Waals surface area contributed by atoms with E-state index in [1.807, 2.05) is 11.8 Å². The van der Waals surface area contributed by atoms with E-state index in [-0.39, 0.29) is 5.91 Å². The Bertz CT molecular complexity index is 734. The molecule has 0 saturated carbocycles. The van der Waals surface area contributed by atoms with Crippen LogP contribution in [0.2, 0.25) is 0 Å². The second kappa shape index (κ2) is 6.26. The molecule has 1 amide bonds. The van der Waals surface area contributed by atoms with Crippen LogP contribution >= 0.6 is 0 Å². The molecule has 1 aliphatic carbocycles. The van der Waals surface area contributed by atoms with Gasteiger partial charge in [0.2, 0.25) is 0 Å². The molecule has 2 aromatic heterocycles. The molecule has 2 aliphatic rings. The van der Waals surface area contributed by atoms with Gasteiger partial charge in [0.05, 0.1) is 6.26 Å². The van der Waals surface area contributed by atoms with Gasteiger partial charge in [0.25, 0.3) is 5.91 Å². The number of amides is 1. The number of aryl methyl sites for hydroxylation is 2. The van der Waals surface area contributed by atoms with Gasteiger partial charge in [0, 0.05) is 37.4 Å². The fraction of sp³-hybridized carbons (Fsp3) is 0.500. The molecule has 1 fully saturated rings. The van der Waals surface area contributed by atoms with E-state index in [2.05, 4.69) is 9.88 Å². The summed E-state index contributed by atoms with van der Waals surface area (Å²) in [6.07, 6.45) is 6.09. The highest BCUT2D eigenvalue weighted by Crippen LogP contribution is 2.28. The van der Waals surface area contributed by atoms with Crippen molar-refractivity contribution in [3.8, 4) is 0 Å². The van der Waals surface area contributed by atoms with Gasteiger partial charge >= 0.3 is 0 Å². The van der Waals surface area contributed by atoms with E-state index in [1.165, 1.54) is 24.1 Å². The fourth-order valence-electron chi connectivity index (χ4n) is 3.63. The summed E-state index contributed by atoms with van der Waals surface area (Å²) in [6, 6.07) is 3.47.